The molecule has 0 aromatic heterocycles. The van der Waals surface area contributed by atoms with Crippen LogP contribution in [0.15, 0.2) is 4.99 Å². The smallest absolute Gasteiger partial charge is 0.162 e. The molecular formula is C4H7N3S. The van der Waals surface area contributed by atoms with E-state index in [-0.39, 0.29) is 0 Å². The number of nitrogens with zero attached hydrogens (tertiary/aromatic N) is 1. The van der Waals surface area contributed by atoms with Gasteiger partial charge in [-0.25, -0.2) is 0 Å². The van der Waals surface area contributed by atoms with Crippen LogP contribution in [0.3, 0.4) is 0 Å². The molecule has 0 spiro atoms. The third-order valence-corrected chi connectivity index (χ3v) is 1.45. The van der Waals surface area contributed by atoms with E-state index in [1.807, 2.05) is 6.26 Å². The average Bonchev–Trinajstić information content (AvgIpc) is 2.14. The molecule has 0 aromatic carbocycles. The summed E-state index contributed by atoms with van der Waals surface area (Å²) in [7, 11) is 0. The standard InChI is InChI=1S/C4H7N3S/c1-8-4-6-2-3(5)7-4/h2H2,1H3,(H2,5,6,7). The third-order valence-electron chi connectivity index (χ3n) is 0.832. The summed E-state index contributed by atoms with van der Waals surface area (Å²) in [5.74, 6) is 0.495. The van der Waals surface area contributed by atoms with Crippen LogP contribution in [0.4, 0.5) is 0 Å². The van der Waals surface area contributed by atoms with Crippen LogP contribution in [0.5, 0.6) is 0 Å². The summed E-state index contributed by atoms with van der Waals surface area (Å²) in [6, 6.07) is 0. The Morgan fingerprint density at radius 2 is 2.62 bits per heavy atom. The van der Waals surface area contributed by atoms with Crippen molar-refractivity contribution in [2.45, 2.75) is 0 Å². The van der Waals surface area contributed by atoms with Crippen LogP contribution in [-0.2, 0) is 0 Å². The first-order chi connectivity index (χ1) is 3.83. The minimum absolute atomic E-state index is 0.495. The van der Waals surface area contributed by atoms with Crippen molar-refractivity contribution in [3.63, 3.8) is 0 Å². The summed E-state index contributed by atoms with van der Waals surface area (Å²) in [5.41, 5.74) is 0. The molecular weight excluding hydrogens is 122 g/mol. The van der Waals surface area contributed by atoms with Crippen LogP contribution in [0, 0.1) is 5.41 Å². The Labute approximate surface area is 52.1 Å². The number of nitrogens with one attached hydrogen (secondary N) is 2. The first-order valence-electron chi connectivity index (χ1n) is 2.26. The maximum absolute atomic E-state index is 7.04. The highest BCUT2D eigenvalue weighted by atomic mass is 32.2. The summed E-state index contributed by atoms with van der Waals surface area (Å²) >= 11 is 1.53. The molecule has 0 aromatic rings. The van der Waals surface area contributed by atoms with Crippen molar-refractivity contribution in [3.8, 4) is 0 Å². The summed E-state index contributed by atoms with van der Waals surface area (Å²) in [4.78, 5) is 3.98. The number of hydrogen-bond acceptors (Lipinski definition) is 3. The highest BCUT2D eigenvalue weighted by Crippen LogP contribution is 1.99. The van der Waals surface area contributed by atoms with Crippen molar-refractivity contribution in [2.75, 3.05) is 12.8 Å². The predicted octanol–water partition coefficient (Wildman–Crippen LogP) is 0.286. The zero-order chi connectivity index (χ0) is 5.98. The molecule has 0 saturated carbocycles. The zero-order valence-corrected chi connectivity index (χ0v) is 5.38. The van der Waals surface area contributed by atoms with Gasteiger partial charge in [0, 0.05) is 0 Å². The van der Waals surface area contributed by atoms with E-state index in [2.05, 4.69) is 10.3 Å². The molecule has 0 radical (unpaired) electrons. The number of thioether (sulfide) groups is 1. The normalized spacial score (nSPS) is 18.1. The predicted molar refractivity (Wildman–Crippen MR) is 36.7 cm³/mol. The van der Waals surface area contributed by atoms with Crippen molar-refractivity contribution in [3.05, 3.63) is 0 Å². The second-order valence-corrected chi connectivity index (χ2v) is 2.22. The molecule has 44 valence electrons. The number of amidine groups is 2. The topological polar surface area (TPSA) is 48.2 Å². The second-order valence-electron chi connectivity index (χ2n) is 1.43. The first kappa shape index (κ1) is 5.62. The first-order valence-corrected chi connectivity index (χ1v) is 3.48. The Bertz CT molecular complexity index is 140. The largest absolute Gasteiger partial charge is 0.322 e. The molecule has 0 amide bonds. The Hall–Kier alpha value is -0.510. The molecule has 0 aliphatic carbocycles. The quantitative estimate of drug-likeness (QED) is 0.493. The van der Waals surface area contributed by atoms with Crippen molar-refractivity contribution in [1.82, 2.24) is 5.32 Å². The number of hydrogen-bond donors (Lipinski definition) is 2. The van der Waals surface area contributed by atoms with E-state index in [0.717, 1.165) is 5.17 Å². The molecule has 0 unspecified atom stereocenters. The van der Waals surface area contributed by atoms with Crippen LogP contribution >= 0.6 is 11.8 Å². The summed E-state index contributed by atoms with van der Waals surface area (Å²) < 4.78 is 0. The molecule has 1 rings (SSSR count). The maximum atomic E-state index is 7.04. The average molecular weight is 129 g/mol. The van der Waals surface area contributed by atoms with Gasteiger partial charge in [-0.05, 0) is 6.26 Å². The molecule has 1 aliphatic heterocycles. The Morgan fingerprint density at radius 3 is 2.88 bits per heavy atom. The molecule has 0 atom stereocenters. The monoisotopic (exact) mass is 129 g/mol. The van der Waals surface area contributed by atoms with E-state index in [1.165, 1.54) is 11.8 Å². The molecule has 0 saturated heterocycles. The van der Waals surface area contributed by atoms with Gasteiger partial charge in [0.05, 0.1) is 6.54 Å². The Kier molecular flexibility index (Phi) is 1.53. The van der Waals surface area contributed by atoms with Crippen molar-refractivity contribution >= 4 is 22.8 Å². The fourth-order valence-electron chi connectivity index (χ4n) is 0.475. The maximum Gasteiger partial charge on any atom is 0.162 e. The van der Waals surface area contributed by atoms with E-state index < -0.39 is 0 Å². The van der Waals surface area contributed by atoms with Gasteiger partial charge in [-0.3, -0.25) is 10.4 Å². The molecule has 1 aliphatic rings. The van der Waals surface area contributed by atoms with Gasteiger partial charge in [-0.15, -0.1) is 0 Å². The lowest BCUT2D eigenvalue weighted by atomic mass is 10.6. The number of aliphatic imine (C=N–C) groups is 1. The highest BCUT2D eigenvalue weighted by molar-refractivity contribution is 8.13. The minimum Gasteiger partial charge on any atom is -0.322 e. The second kappa shape index (κ2) is 2.17. The summed E-state index contributed by atoms with van der Waals surface area (Å²) in [5, 5.41) is 10.7. The van der Waals surface area contributed by atoms with Gasteiger partial charge < -0.3 is 5.32 Å². The Morgan fingerprint density at radius 1 is 1.88 bits per heavy atom. The van der Waals surface area contributed by atoms with Crippen molar-refractivity contribution in [2.24, 2.45) is 4.99 Å². The van der Waals surface area contributed by atoms with Crippen LogP contribution in [0.2, 0.25) is 0 Å². The lowest BCUT2D eigenvalue weighted by Gasteiger charge is -1.92. The molecule has 0 fully saturated rings. The van der Waals surface area contributed by atoms with E-state index in [1.54, 1.807) is 0 Å². The van der Waals surface area contributed by atoms with Gasteiger partial charge in [0.1, 0.15) is 5.84 Å². The van der Waals surface area contributed by atoms with Crippen molar-refractivity contribution in [1.29, 1.82) is 5.41 Å². The van der Waals surface area contributed by atoms with Gasteiger partial charge >= 0.3 is 0 Å². The molecule has 3 nitrogen and oxygen atoms in total. The highest BCUT2D eigenvalue weighted by Gasteiger charge is 2.06. The zero-order valence-electron chi connectivity index (χ0n) is 4.56. The van der Waals surface area contributed by atoms with Crippen LogP contribution in [0.1, 0.15) is 0 Å². The third kappa shape index (κ3) is 1.01. The molecule has 4 heteroatoms. The van der Waals surface area contributed by atoms with Gasteiger partial charge in [-0.2, -0.15) is 0 Å². The molecule has 1 heterocycles. The number of rotatable bonds is 0. The van der Waals surface area contributed by atoms with E-state index in [0.29, 0.717) is 12.4 Å². The van der Waals surface area contributed by atoms with E-state index in [9.17, 15) is 0 Å². The minimum atomic E-state index is 0.495. The van der Waals surface area contributed by atoms with E-state index >= 15 is 0 Å². The molecule has 0 bridgehead atoms. The van der Waals surface area contributed by atoms with Crippen molar-refractivity contribution < 1.29 is 0 Å². The summed E-state index contributed by atoms with van der Waals surface area (Å²) in [6.07, 6.45) is 1.93. The lowest BCUT2D eigenvalue weighted by Crippen LogP contribution is -2.20. The van der Waals surface area contributed by atoms with Crippen LogP contribution in [0.25, 0.3) is 0 Å². The lowest BCUT2D eigenvalue weighted by molar-refractivity contribution is 1.27. The van der Waals surface area contributed by atoms with Gasteiger partial charge in [0.15, 0.2) is 5.17 Å². The van der Waals surface area contributed by atoms with E-state index in [4.69, 9.17) is 5.41 Å². The van der Waals surface area contributed by atoms with Gasteiger partial charge in [0.2, 0.25) is 0 Å². The van der Waals surface area contributed by atoms with Crippen LogP contribution in [-0.4, -0.2) is 23.8 Å². The fourth-order valence-corrected chi connectivity index (χ4v) is 0.893. The van der Waals surface area contributed by atoms with Crippen LogP contribution < -0.4 is 5.32 Å². The fraction of sp³-hybridized carbons (Fsp3) is 0.500. The Balaban J connectivity index is 2.49. The SMILES string of the molecule is CSC1=NCC(=N)N1. The molecule has 2 N–H and O–H groups in total. The molecule has 8 heavy (non-hydrogen) atoms. The summed E-state index contributed by atoms with van der Waals surface area (Å²) in [6.45, 7) is 0.524. The van der Waals surface area contributed by atoms with Gasteiger partial charge in [0.25, 0.3) is 0 Å². The van der Waals surface area contributed by atoms with Gasteiger partial charge in [-0.1, -0.05) is 11.8 Å².